The zero-order chi connectivity index (χ0) is 25.3. The highest BCUT2D eigenvalue weighted by Crippen LogP contribution is 2.50. The fourth-order valence-electron chi connectivity index (χ4n) is 6.08. The number of methoxy groups -OCH3 is 1. The normalized spacial score (nSPS) is 24.8. The van der Waals surface area contributed by atoms with E-state index in [-0.39, 0.29) is 22.5 Å². The molecule has 8 heteroatoms. The molecule has 5 atom stereocenters. The van der Waals surface area contributed by atoms with Gasteiger partial charge in [0, 0.05) is 42.4 Å². The van der Waals surface area contributed by atoms with Crippen molar-refractivity contribution in [3.8, 4) is 11.5 Å². The van der Waals surface area contributed by atoms with Gasteiger partial charge in [-0.1, -0.05) is 18.2 Å². The Morgan fingerprint density at radius 3 is 1.97 bits per heavy atom. The van der Waals surface area contributed by atoms with Gasteiger partial charge in [0.15, 0.2) is 17.1 Å². The van der Waals surface area contributed by atoms with Crippen LogP contribution in [0, 0.1) is 28.2 Å². The molecule has 0 radical (unpaired) electrons. The summed E-state index contributed by atoms with van der Waals surface area (Å²) in [5, 5.41) is 26.3. The Morgan fingerprint density at radius 1 is 0.833 bits per heavy atom. The molecule has 0 heterocycles. The second kappa shape index (κ2) is 10.2. The van der Waals surface area contributed by atoms with Gasteiger partial charge in [0.25, 0.3) is 0 Å². The van der Waals surface area contributed by atoms with Crippen LogP contribution in [0.3, 0.4) is 0 Å². The van der Waals surface area contributed by atoms with E-state index < -0.39 is 0 Å². The van der Waals surface area contributed by atoms with Gasteiger partial charge in [0.2, 0.25) is 0 Å². The SMILES string of the molecule is COc1ccc([N+](N)(c2ccccc2)c2ccc(ON([O-])C3CC4CC(CN(C)[O-])C3C4)cc2)cc1. The second-order valence-corrected chi connectivity index (χ2v) is 10.0. The largest absolute Gasteiger partial charge is 0.785 e. The molecular formula is C28H33N4O4-. The topological polar surface area (TPSA) is 97.1 Å². The Balaban J connectivity index is 1.36. The van der Waals surface area contributed by atoms with Crippen molar-refractivity contribution in [3.05, 3.63) is 89.3 Å². The van der Waals surface area contributed by atoms with Crippen LogP contribution in [0.15, 0.2) is 78.9 Å². The highest BCUT2D eigenvalue weighted by atomic mass is 16.9. The van der Waals surface area contributed by atoms with Crippen LogP contribution in [-0.4, -0.2) is 37.0 Å². The monoisotopic (exact) mass is 489 g/mol. The first-order chi connectivity index (χ1) is 17.4. The van der Waals surface area contributed by atoms with Crippen molar-refractivity contribution in [2.75, 3.05) is 20.7 Å². The van der Waals surface area contributed by atoms with E-state index in [1.165, 1.54) is 0 Å². The number of quaternary nitrogens is 1. The van der Waals surface area contributed by atoms with Gasteiger partial charge in [-0.25, -0.2) is 5.23 Å². The summed E-state index contributed by atoms with van der Waals surface area (Å²) >= 11 is 0. The van der Waals surface area contributed by atoms with Crippen LogP contribution in [0.5, 0.6) is 11.5 Å². The molecule has 5 rings (SSSR count). The Kier molecular flexibility index (Phi) is 6.98. The fraction of sp³-hybridized carbons (Fsp3) is 0.357. The summed E-state index contributed by atoms with van der Waals surface area (Å²) in [5.74, 6) is 9.22. The summed E-state index contributed by atoms with van der Waals surface area (Å²) in [6, 6.07) is 24.6. The molecule has 3 aromatic rings. The van der Waals surface area contributed by atoms with Gasteiger partial charge < -0.3 is 25.1 Å². The third kappa shape index (κ3) is 4.71. The average Bonchev–Trinajstić information content (AvgIpc) is 3.50. The maximum absolute atomic E-state index is 13.0. The number of hydroxylamine groups is 4. The van der Waals surface area contributed by atoms with Gasteiger partial charge in [-0.15, -0.1) is 0 Å². The number of nitrogens with zero attached hydrogens (tertiary/aromatic N) is 3. The van der Waals surface area contributed by atoms with E-state index in [1.54, 1.807) is 26.3 Å². The van der Waals surface area contributed by atoms with E-state index in [1.807, 2.05) is 66.7 Å². The van der Waals surface area contributed by atoms with Crippen molar-refractivity contribution >= 4 is 17.1 Å². The van der Waals surface area contributed by atoms with E-state index in [9.17, 15) is 10.4 Å². The quantitative estimate of drug-likeness (QED) is 0.242. The number of benzene rings is 3. The molecule has 3 aromatic carbocycles. The maximum atomic E-state index is 13.0. The van der Waals surface area contributed by atoms with Crippen LogP contribution in [-0.2, 0) is 0 Å². The first kappa shape index (κ1) is 24.7. The van der Waals surface area contributed by atoms with Crippen LogP contribution >= 0.6 is 0 Å². The fourth-order valence-corrected chi connectivity index (χ4v) is 6.08. The Labute approximate surface area is 212 Å². The zero-order valence-corrected chi connectivity index (χ0v) is 20.7. The standard InChI is InChI=1S/C28H33N4O4/c1-30(33)19-21-16-20-17-27(21)28(18-20)31(34)36-26-14-10-24(11-15-26)32(29,22-6-4-3-5-7-22)23-8-12-25(35-2)13-9-23/h3-15,20-21,27-28H,16-19,29H2,1-2H3/q-1. The Hall–Kier alpha value is -2.98. The van der Waals surface area contributed by atoms with Crippen LogP contribution in [0.1, 0.15) is 19.3 Å². The van der Waals surface area contributed by atoms with Gasteiger partial charge in [0.05, 0.1) is 7.11 Å². The Bertz CT molecular complexity index is 1140. The molecule has 190 valence electrons. The third-order valence-electron chi connectivity index (χ3n) is 7.76. The van der Waals surface area contributed by atoms with E-state index in [4.69, 9.17) is 15.4 Å². The first-order valence-electron chi connectivity index (χ1n) is 12.4. The van der Waals surface area contributed by atoms with E-state index in [2.05, 4.69) is 0 Å². The van der Waals surface area contributed by atoms with E-state index in [0.717, 1.165) is 52.4 Å². The lowest BCUT2D eigenvalue weighted by Crippen LogP contribution is -2.46. The van der Waals surface area contributed by atoms with Crippen LogP contribution in [0.2, 0.25) is 0 Å². The van der Waals surface area contributed by atoms with Crippen molar-refractivity contribution < 1.29 is 9.57 Å². The minimum absolute atomic E-state index is 0.0526. The van der Waals surface area contributed by atoms with Gasteiger partial charge in [-0.3, -0.25) is 0 Å². The van der Waals surface area contributed by atoms with E-state index in [0.29, 0.717) is 18.2 Å². The number of rotatable bonds is 9. The predicted molar refractivity (Wildman–Crippen MR) is 141 cm³/mol. The number of hydrogen-bond donors (Lipinski definition) is 1. The highest BCUT2D eigenvalue weighted by molar-refractivity contribution is 5.70. The lowest BCUT2D eigenvalue weighted by molar-refractivity contribution is -0.0732. The molecule has 5 unspecified atom stereocenters. The number of hydrogen-bond acceptors (Lipinski definition) is 7. The van der Waals surface area contributed by atoms with Crippen LogP contribution in [0.4, 0.5) is 17.1 Å². The van der Waals surface area contributed by atoms with Crippen molar-refractivity contribution in [2.24, 2.45) is 23.6 Å². The van der Waals surface area contributed by atoms with Crippen LogP contribution < -0.4 is 20.0 Å². The number of ether oxygens (including phenoxy) is 1. The van der Waals surface area contributed by atoms with Gasteiger partial charge in [0.1, 0.15) is 11.5 Å². The molecule has 0 aromatic heterocycles. The Morgan fingerprint density at radius 2 is 1.42 bits per heavy atom. The zero-order valence-electron chi connectivity index (χ0n) is 20.7. The third-order valence-corrected chi connectivity index (χ3v) is 7.76. The van der Waals surface area contributed by atoms with Crippen molar-refractivity contribution in [1.82, 2.24) is 14.9 Å². The number of fused-ring (bicyclic) bond motifs is 2. The molecule has 2 saturated carbocycles. The summed E-state index contributed by atoms with van der Waals surface area (Å²) in [6.45, 7) is 0.474. The summed E-state index contributed by atoms with van der Waals surface area (Å²) in [5.41, 5.74) is 2.56. The molecule has 0 aliphatic heterocycles. The highest BCUT2D eigenvalue weighted by Gasteiger charge is 2.47. The lowest BCUT2D eigenvalue weighted by Gasteiger charge is -2.42. The summed E-state index contributed by atoms with van der Waals surface area (Å²) in [4.78, 5) is 5.74. The lowest BCUT2D eigenvalue weighted by atomic mass is 9.85. The molecule has 0 amide bonds. The predicted octanol–water partition coefficient (Wildman–Crippen LogP) is 5.48. The van der Waals surface area contributed by atoms with Gasteiger partial charge in [-0.2, -0.15) is 10.4 Å². The minimum atomic E-state index is -0.221. The van der Waals surface area contributed by atoms with Crippen LogP contribution in [0.25, 0.3) is 0 Å². The molecule has 2 fully saturated rings. The first-order valence-corrected chi connectivity index (χ1v) is 12.4. The second-order valence-electron chi connectivity index (χ2n) is 10.0. The summed E-state index contributed by atoms with van der Waals surface area (Å²) < 4.78 is 5.26. The molecule has 2 N–H and O–H groups in total. The summed E-state index contributed by atoms with van der Waals surface area (Å²) in [7, 11) is 3.18. The van der Waals surface area contributed by atoms with Gasteiger partial charge >= 0.3 is 0 Å². The van der Waals surface area contributed by atoms with Gasteiger partial charge in [-0.05, 0) is 74.9 Å². The maximum Gasteiger partial charge on any atom is 0.162 e. The molecule has 8 nitrogen and oxygen atoms in total. The molecule has 2 bridgehead atoms. The summed E-state index contributed by atoms with van der Waals surface area (Å²) in [6.07, 6.45) is 2.84. The average molecular weight is 490 g/mol. The van der Waals surface area contributed by atoms with Crippen molar-refractivity contribution in [3.63, 3.8) is 0 Å². The van der Waals surface area contributed by atoms with Crippen molar-refractivity contribution in [1.29, 1.82) is 0 Å². The van der Waals surface area contributed by atoms with Crippen molar-refractivity contribution in [2.45, 2.75) is 25.3 Å². The molecule has 36 heavy (non-hydrogen) atoms. The molecule has 2 aliphatic carbocycles. The molecule has 0 spiro atoms. The molecule has 0 saturated heterocycles. The smallest absolute Gasteiger partial charge is 0.162 e. The molecule has 2 aliphatic rings. The number of para-hydroxylation sites is 1. The minimum Gasteiger partial charge on any atom is -0.785 e. The number of nitrogens with two attached hydrogens (primary N) is 1. The van der Waals surface area contributed by atoms with E-state index >= 15 is 0 Å². The molecular weight excluding hydrogens is 456 g/mol.